The molecule has 0 spiro atoms. The number of rotatable bonds is 4. The van der Waals surface area contributed by atoms with Gasteiger partial charge in [0.25, 0.3) is 0 Å². The van der Waals surface area contributed by atoms with E-state index in [2.05, 4.69) is 30.2 Å². The lowest BCUT2D eigenvalue weighted by Crippen LogP contribution is -2.49. The number of nitrogens with zero attached hydrogens (tertiary/aromatic N) is 9. The van der Waals surface area contributed by atoms with Crippen molar-refractivity contribution in [2.24, 2.45) is 0 Å². The van der Waals surface area contributed by atoms with E-state index in [9.17, 15) is 4.79 Å². The first kappa shape index (κ1) is 17.3. The Hall–Kier alpha value is -3.82. The molecule has 0 saturated carbocycles. The molecule has 4 aromatic rings. The van der Waals surface area contributed by atoms with Crippen molar-refractivity contribution in [3.05, 3.63) is 55.4 Å². The van der Waals surface area contributed by atoms with Crippen molar-refractivity contribution in [1.29, 1.82) is 0 Å². The van der Waals surface area contributed by atoms with Crippen molar-refractivity contribution in [2.45, 2.75) is 6.54 Å². The summed E-state index contributed by atoms with van der Waals surface area (Å²) in [5.74, 6) is 1.51. The second kappa shape index (κ2) is 7.30. The van der Waals surface area contributed by atoms with E-state index < -0.39 is 0 Å². The molecule has 0 unspecified atom stereocenters. The van der Waals surface area contributed by atoms with Crippen molar-refractivity contribution in [2.75, 3.05) is 31.1 Å². The van der Waals surface area contributed by atoms with Crippen LogP contribution in [0.3, 0.4) is 0 Å². The molecule has 1 aromatic carbocycles. The zero-order chi connectivity index (χ0) is 19.6. The van der Waals surface area contributed by atoms with E-state index in [4.69, 9.17) is 0 Å². The Balaban J connectivity index is 1.20. The highest BCUT2D eigenvalue weighted by Gasteiger charge is 2.22. The average Bonchev–Trinajstić information content (AvgIpc) is 3.45. The third-order valence-electron chi connectivity index (χ3n) is 5.08. The van der Waals surface area contributed by atoms with Crippen LogP contribution in [-0.2, 0) is 11.3 Å². The van der Waals surface area contributed by atoms with Gasteiger partial charge in [-0.15, -0.1) is 10.2 Å². The van der Waals surface area contributed by atoms with Gasteiger partial charge in [0.15, 0.2) is 11.6 Å². The monoisotopic (exact) mass is 389 g/mol. The molecule has 5 rings (SSSR count). The molecule has 4 heterocycles. The lowest BCUT2D eigenvalue weighted by molar-refractivity contribution is -0.132. The van der Waals surface area contributed by atoms with E-state index in [0.29, 0.717) is 38.5 Å². The Labute approximate surface area is 166 Å². The van der Waals surface area contributed by atoms with Gasteiger partial charge in [-0.25, -0.2) is 14.6 Å². The molecule has 1 fully saturated rings. The summed E-state index contributed by atoms with van der Waals surface area (Å²) < 4.78 is 3.46. The molecule has 29 heavy (non-hydrogen) atoms. The molecular weight excluding hydrogens is 370 g/mol. The smallest absolute Gasteiger partial charge is 0.242 e. The molecule has 0 atom stereocenters. The first-order valence-corrected chi connectivity index (χ1v) is 9.39. The minimum Gasteiger partial charge on any atom is -0.352 e. The molecule has 0 bridgehead atoms. The van der Waals surface area contributed by atoms with Crippen LogP contribution in [0.25, 0.3) is 16.9 Å². The Kier molecular flexibility index (Phi) is 4.35. The van der Waals surface area contributed by atoms with Gasteiger partial charge in [0, 0.05) is 26.2 Å². The van der Waals surface area contributed by atoms with Crippen LogP contribution in [0, 0.1) is 0 Å². The Morgan fingerprint density at radius 3 is 2.48 bits per heavy atom. The van der Waals surface area contributed by atoms with Crippen LogP contribution in [0.2, 0.25) is 0 Å². The van der Waals surface area contributed by atoms with Crippen molar-refractivity contribution >= 4 is 22.8 Å². The van der Waals surface area contributed by atoms with Crippen molar-refractivity contribution in [1.82, 2.24) is 39.4 Å². The summed E-state index contributed by atoms with van der Waals surface area (Å²) in [6.45, 7) is 3.03. The van der Waals surface area contributed by atoms with Crippen molar-refractivity contribution in [3.8, 4) is 5.82 Å². The minimum absolute atomic E-state index is 0.0976. The lowest BCUT2D eigenvalue weighted by atomic mass is 10.3. The maximum Gasteiger partial charge on any atom is 0.242 e. The number of amides is 1. The number of fused-ring (bicyclic) bond motifs is 1. The highest BCUT2D eigenvalue weighted by atomic mass is 16.2. The number of piperazine rings is 1. The summed E-state index contributed by atoms with van der Waals surface area (Å²) in [6.07, 6.45) is 4.76. The largest absolute Gasteiger partial charge is 0.352 e. The molecule has 0 N–H and O–H groups in total. The molecule has 1 aliphatic rings. The fourth-order valence-corrected chi connectivity index (χ4v) is 3.50. The number of aromatic nitrogens is 7. The third-order valence-corrected chi connectivity index (χ3v) is 5.08. The zero-order valence-corrected chi connectivity index (χ0v) is 15.7. The summed E-state index contributed by atoms with van der Waals surface area (Å²) in [5, 5.41) is 12.5. The molecule has 146 valence electrons. The van der Waals surface area contributed by atoms with Crippen LogP contribution in [0.5, 0.6) is 0 Å². The van der Waals surface area contributed by atoms with E-state index >= 15 is 0 Å². The third kappa shape index (κ3) is 3.40. The van der Waals surface area contributed by atoms with E-state index in [-0.39, 0.29) is 5.91 Å². The van der Waals surface area contributed by atoms with E-state index in [1.807, 2.05) is 45.9 Å². The lowest BCUT2D eigenvalue weighted by Gasteiger charge is -2.35. The second-order valence-corrected chi connectivity index (χ2v) is 6.82. The Bertz CT molecular complexity index is 1110. The van der Waals surface area contributed by atoms with Gasteiger partial charge < -0.3 is 14.4 Å². The molecule has 0 radical (unpaired) electrons. The van der Waals surface area contributed by atoms with Crippen LogP contribution in [0.15, 0.2) is 55.4 Å². The van der Waals surface area contributed by atoms with Crippen molar-refractivity contribution in [3.63, 3.8) is 0 Å². The predicted octanol–water partition coefficient (Wildman–Crippen LogP) is 0.756. The summed E-state index contributed by atoms with van der Waals surface area (Å²) in [5.41, 5.74) is 1.88. The SMILES string of the molecule is O=C(Cn1cnc2ccccc21)N1CCN(c2ccc(-n3cncn3)nn2)CC1. The number of carbonyl (C=O) groups excluding carboxylic acids is 1. The Morgan fingerprint density at radius 2 is 1.72 bits per heavy atom. The Morgan fingerprint density at radius 1 is 0.931 bits per heavy atom. The standard InChI is InChI=1S/C19H19N9O/c29-19(11-27-14-21-15-3-1-2-4-16(15)27)26-9-7-25(8-10-26)17-5-6-18(24-23-17)28-13-20-12-22-28/h1-6,12-14H,7-11H2. The number of benzene rings is 1. The summed E-state index contributed by atoms with van der Waals surface area (Å²) >= 11 is 0. The fourth-order valence-electron chi connectivity index (χ4n) is 3.50. The van der Waals surface area contributed by atoms with E-state index in [1.165, 1.54) is 6.33 Å². The van der Waals surface area contributed by atoms with Gasteiger partial charge in [-0.1, -0.05) is 12.1 Å². The number of imidazole rings is 1. The summed E-state index contributed by atoms with van der Waals surface area (Å²) in [6, 6.07) is 11.6. The van der Waals surface area contributed by atoms with Crippen LogP contribution in [0.1, 0.15) is 0 Å². The number of para-hydroxylation sites is 2. The molecule has 0 aliphatic carbocycles. The minimum atomic E-state index is 0.0976. The quantitative estimate of drug-likeness (QED) is 0.508. The van der Waals surface area contributed by atoms with Gasteiger partial charge in [-0.05, 0) is 24.3 Å². The number of hydrogen-bond acceptors (Lipinski definition) is 7. The van der Waals surface area contributed by atoms with Gasteiger partial charge in [0.2, 0.25) is 5.91 Å². The van der Waals surface area contributed by atoms with Crippen LogP contribution >= 0.6 is 0 Å². The predicted molar refractivity (Wildman–Crippen MR) is 105 cm³/mol. The molecule has 1 amide bonds. The zero-order valence-electron chi connectivity index (χ0n) is 15.7. The summed E-state index contributed by atoms with van der Waals surface area (Å²) in [4.78, 5) is 25.0. The maximum absolute atomic E-state index is 12.7. The number of anilines is 1. The van der Waals surface area contributed by atoms with E-state index in [1.54, 1.807) is 17.3 Å². The number of carbonyl (C=O) groups is 1. The topological polar surface area (TPSA) is 97.9 Å². The molecule has 1 saturated heterocycles. The normalized spacial score (nSPS) is 14.5. The highest BCUT2D eigenvalue weighted by molar-refractivity contribution is 5.80. The first-order chi connectivity index (χ1) is 14.3. The van der Waals surface area contributed by atoms with Gasteiger partial charge in [-0.3, -0.25) is 4.79 Å². The van der Waals surface area contributed by atoms with Gasteiger partial charge in [0.05, 0.1) is 17.4 Å². The van der Waals surface area contributed by atoms with Gasteiger partial charge in [0.1, 0.15) is 19.2 Å². The fraction of sp³-hybridized carbons (Fsp3) is 0.263. The average molecular weight is 389 g/mol. The van der Waals surface area contributed by atoms with E-state index in [0.717, 1.165) is 16.9 Å². The second-order valence-electron chi connectivity index (χ2n) is 6.82. The highest BCUT2D eigenvalue weighted by Crippen LogP contribution is 2.15. The van der Waals surface area contributed by atoms with Gasteiger partial charge >= 0.3 is 0 Å². The molecule has 10 nitrogen and oxygen atoms in total. The maximum atomic E-state index is 12.7. The first-order valence-electron chi connectivity index (χ1n) is 9.39. The molecule has 3 aromatic heterocycles. The molecule has 1 aliphatic heterocycles. The van der Waals surface area contributed by atoms with Gasteiger partial charge in [-0.2, -0.15) is 5.10 Å². The molecular formula is C19H19N9O. The van der Waals surface area contributed by atoms with Crippen LogP contribution in [-0.4, -0.2) is 71.5 Å². The van der Waals surface area contributed by atoms with Crippen LogP contribution < -0.4 is 4.90 Å². The number of hydrogen-bond donors (Lipinski definition) is 0. The molecule has 10 heteroatoms. The summed E-state index contributed by atoms with van der Waals surface area (Å²) in [7, 11) is 0. The van der Waals surface area contributed by atoms with Crippen molar-refractivity contribution < 1.29 is 4.79 Å². The van der Waals surface area contributed by atoms with Crippen LogP contribution in [0.4, 0.5) is 5.82 Å².